The SMILES string of the molecule is Cc1ccc(-n2nccn2)c(C(=O)N2CC(F)(F)C[C@@H](C)[C@H]2CNc2cnc(C(F)(F)F)cn2)n1. The fourth-order valence-electron chi connectivity index (χ4n) is 4.00. The summed E-state index contributed by atoms with van der Waals surface area (Å²) in [6.45, 7) is 2.36. The minimum absolute atomic E-state index is 0.0186. The zero-order valence-corrected chi connectivity index (χ0v) is 18.7. The molecule has 1 amide bonds. The molecule has 3 aromatic rings. The first-order chi connectivity index (χ1) is 16.4. The average Bonchev–Trinajstić information content (AvgIpc) is 3.31. The topological polar surface area (TPSA) is 102 Å². The molecule has 1 fully saturated rings. The Morgan fingerprint density at radius 1 is 1.17 bits per heavy atom. The van der Waals surface area contributed by atoms with Gasteiger partial charge in [0.05, 0.1) is 37.4 Å². The van der Waals surface area contributed by atoms with Gasteiger partial charge in [-0.2, -0.15) is 23.4 Å². The number of pyridine rings is 1. The maximum absolute atomic E-state index is 14.5. The molecule has 9 nitrogen and oxygen atoms in total. The summed E-state index contributed by atoms with van der Waals surface area (Å²) in [4.78, 5) is 27.1. The van der Waals surface area contributed by atoms with Crippen LogP contribution in [0.25, 0.3) is 5.69 Å². The first-order valence-electron chi connectivity index (χ1n) is 10.6. The van der Waals surface area contributed by atoms with Crippen molar-refractivity contribution in [3.05, 3.63) is 54.0 Å². The third-order valence-electron chi connectivity index (χ3n) is 5.62. The van der Waals surface area contributed by atoms with E-state index in [-0.39, 0.29) is 23.7 Å². The van der Waals surface area contributed by atoms with Crippen LogP contribution in [0, 0.1) is 12.8 Å². The molecule has 0 aromatic carbocycles. The summed E-state index contributed by atoms with van der Waals surface area (Å²) in [5.74, 6) is -4.50. The Morgan fingerprint density at radius 2 is 1.89 bits per heavy atom. The maximum Gasteiger partial charge on any atom is 0.434 e. The van der Waals surface area contributed by atoms with Crippen molar-refractivity contribution in [2.45, 2.75) is 38.4 Å². The van der Waals surface area contributed by atoms with Gasteiger partial charge in [-0.3, -0.25) is 4.79 Å². The van der Waals surface area contributed by atoms with Gasteiger partial charge in [0.1, 0.15) is 11.5 Å². The Labute approximate surface area is 196 Å². The molecule has 4 rings (SSSR count). The number of halogens is 5. The summed E-state index contributed by atoms with van der Waals surface area (Å²) >= 11 is 0. The van der Waals surface area contributed by atoms with Crippen LogP contribution < -0.4 is 5.32 Å². The van der Waals surface area contributed by atoms with Crippen molar-refractivity contribution in [1.82, 2.24) is 34.8 Å². The molecule has 0 aliphatic carbocycles. The van der Waals surface area contributed by atoms with Crippen LogP contribution >= 0.6 is 0 Å². The molecule has 0 unspecified atom stereocenters. The number of rotatable bonds is 5. The van der Waals surface area contributed by atoms with Crippen LogP contribution in [-0.2, 0) is 6.18 Å². The molecule has 14 heteroatoms. The van der Waals surface area contributed by atoms with E-state index in [1.54, 1.807) is 26.0 Å². The molecule has 4 heterocycles. The lowest BCUT2D eigenvalue weighted by atomic mass is 9.88. The summed E-state index contributed by atoms with van der Waals surface area (Å²) in [6.07, 6.45) is -0.812. The number of nitrogens with zero attached hydrogens (tertiary/aromatic N) is 7. The highest BCUT2D eigenvalue weighted by Gasteiger charge is 2.46. The van der Waals surface area contributed by atoms with E-state index in [4.69, 9.17) is 0 Å². The quantitative estimate of drug-likeness (QED) is 0.541. The van der Waals surface area contributed by atoms with Gasteiger partial charge in [0, 0.05) is 18.7 Å². The number of hydrogen-bond donors (Lipinski definition) is 1. The van der Waals surface area contributed by atoms with Gasteiger partial charge in [-0.1, -0.05) is 6.92 Å². The van der Waals surface area contributed by atoms with Gasteiger partial charge in [-0.05, 0) is 25.0 Å². The minimum atomic E-state index is -4.64. The summed E-state index contributed by atoms with van der Waals surface area (Å²) in [7, 11) is 0. The predicted octanol–water partition coefficient (Wildman–Crippen LogP) is 3.38. The van der Waals surface area contributed by atoms with E-state index < -0.39 is 48.6 Å². The smallest absolute Gasteiger partial charge is 0.367 e. The highest BCUT2D eigenvalue weighted by molar-refractivity contribution is 5.96. The molecule has 186 valence electrons. The van der Waals surface area contributed by atoms with Crippen molar-refractivity contribution in [3.8, 4) is 5.69 Å². The number of anilines is 1. The van der Waals surface area contributed by atoms with E-state index in [1.165, 1.54) is 17.2 Å². The Morgan fingerprint density at radius 3 is 2.51 bits per heavy atom. The average molecular weight is 496 g/mol. The first kappa shape index (κ1) is 24.4. The van der Waals surface area contributed by atoms with Crippen molar-refractivity contribution < 1.29 is 26.7 Å². The Hall–Kier alpha value is -3.71. The lowest BCUT2D eigenvalue weighted by Crippen LogP contribution is -2.57. The van der Waals surface area contributed by atoms with Gasteiger partial charge >= 0.3 is 6.18 Å². The third-order valence-corrected chi connectivity index (χ3v) is 5.62. The highest BCUT2D eigenvalue weighted by atomic mass is 19.4. The zero-order chi connectivity index (χ0) is 25.4. The van der Waals surface area contributed by atoms with Crippen molar-refractivity contribution >= 4 is 11.7 Å². The Balaban J connectivity index is 1.61. The van der Waals surface area contributed by atoms with E-state index in [0.29, 0.717) is 11.9 Å². The lowest BCUT2D eigenvalue weighted by molar-refractivity contribution is -0.141. The molecule has 0 bridgehead atoms. The summed E-state index contributed by atoms with van der Waals surface area (Å²) in [6, 6.07) is 2.49. The van der Waals surface area contributed by atoms with Crippen LogP contribution in [0.3, 0.4) is 0 Å². The zero-order valence-electron chi connectivity index (χ0n) is 18.7. The number of nitrogens with one attached hydrogen (secondary N) is 1. The largest absolute Gasteiger partial charge is 0.434 e. The maximum atomic E-state index is 14.5. The fraction of sp³-hybridized carbons (Fsp3) is 0.429. The number of hydrogen-bond acceptors (Lipinski definition) is 7. The van der Waals surface area contributed by atoms with Crippen molar-refractivity contribution in [1.29, 1.82) is 0 Å². The monoisotopic (exact) mass is 496 g/mol. The van der Waals surface area contributed by atoms with Gasteiger partial charge in [-0.25, -0.2) is 23.7 Å². The van der Waals surface area contributed by atoms with E-state index >= 15 is 0 Å². The highest BCUT2D eigenvalue weighted by Crippen LogP contribution is 2.35. The van der Waals surface area contributed by atoms with Crippen LogP contribution in [-0.4, -0.2) is 65.8 Å². The van der Waals surface area contributed by atoms with E-state index in [1.807, 2.05) is 0 Å². The summed E-state index contributed by atoms with van der Waals surface area (Å²) in [5.41, 5.74) is -0.524. The number of carbonyl (C=O) groups excluding carboxylic acids is 1. The molecule has 0 radical (unpaired) electrons. The van der Waals surface area contributed by atoms with Crippen LogP contribution in [0.1, 0.15) is 35.2 Å². The van der Waals surface area contributed by atoms with E-state index in [0.717, 1.165) is 11.1 Å². The van der Waals surface area contributed by atoms with Crippen LogP contribution in [0.5, 0.6) is 0 Å². The summed E-state index contributed by atoms with van der Waals surface area (Å²) in [5, 5.41) is 10.8. The first-order valence-corrected chi connectivity index (χ1v) is 10.6. The van der Waals surface area contributed by atoms with Gasteiger partial charge < -0.3 is 10.2 Å². The number of piperidine rings is 1. The molecular formula is C21H21F5N8O. The minimum Gasteiger partial charge on any atom is -0.367 e. The second-order valence-electron chi connectivity index (χ2n) is 8.34. The van der Waals surface area contributed by atoms with Crippen molar-refractivity contribution in [2.24, 2.45) is 5.92 Å². The molecule has 2 atom stereocenters. The molecule has 35 heavy (non-hydrogen) atoms. The van der Waals surface area contributed by atoms with Crippen LogP contribution in [0.2, 0.25) is 0 Å². The summed E-state index contributed by atoms with van der Waals surface area (Å²) < 4.78 is 67.3. The van der Waals surface area contributed by atoms with E-state index in [9.17, 15) is 26.7 Å². The van der Waals surface area contributed by atoms with Gasteiger partial charge in [0.25, 0.3) is 11.8 Å². The molecule has 0 saturated carbocycles. The second kappa shape index (κ2) is 9.15. The van der Waals surface area contributed by atoms with Crippen LogP contribution in [0.4, 0.5) is 27.8 Å². The molecule has 1 N–H and O–H groups in total. The fourth-order valence-corrected chi connectivity index (χ4v) is 4.00. The van der Waals surface area contributed by atoms with Gasteiger partial charge in [0.15, 0.2) is 11.4 Å². The number of alkyl halides is 5. The molecule has 3 aromatic heterocycles. The van der Waals surface area contributed by atoms with Gasteiger partial charge in [-0.15, -0.1) is 4.80 Å². The molecular weight excluding hydrogens is 475 g/mol. The normalized spacial score (nSPS) is 20.0. The van der Waals surface area contributed by atoms with Crippen molar-refractivity contribution in [3.63, 3.8) is 0 Å². The van der Waals surface area contributed by atoms with Crippen LogP contribution in [0.15, 0.2) is 36.9 Å². The molecule has 1 saturated heterocycles. The lowest BCUT2D eigenvalue weighted by Gasteiger charge is -2.43. The number of amides is 1. The standard InChI is InChI=1S/C21H21F5N8O/c1-12-7-20(22,23)11-33(15(12)8-28-17-10-27-16(9-29-17)21(24,25)26)19(35)18-14(4-3-13(2)32-18)34-30-5-6-31-34/h3-6,9-10,12,15H,7-8,11H2,1-2H3,(H,28,29)/t12-,15-/m1/s1. The Kier molecular flexibility index (Phi) is 6.38. The second-order valence-corrected chi connectivity index (χ2v) is 8.34. The Bertz CT molecular complexity index is 1180. The number of aromatic nitrogens is 6. The molecule has 1 aliphatic heterocycles. The van der Waals surface area contributed by atoms with E-state index in [2.05, 4.69) is 30.5 Å². The predicted molar refractivity (Wildman–Crippen MR) is 113 cm³/mol. The third kappa shape index (κ3) is 5.35. The van der Waals surface area contributed by atoms with Gasteiger partial charge in [0.2, 0.25) is 0 Å². The number of likely N-dealkylation sites (tertiary alicyclic amines) is 1. The number of aryl methyl sites for hydroxylation is 1. The van der Waals surface area contributed by atoms with Crippen molar-refractivity contribution in [2.75, 3.05) is 18.4 Å². The molecule has 0 spiro atoms. The molecule has 1 aliphatic rings. The number of carbonyl (C=O) groups is 1.